The maximum Gasteiger partial charge on any atom is 0.331 e. The summed E-state index contributed by atoms with van der Waals surface area (Å²) in [7, 11) is 0. The molecule has 20 heavy (non-hydrogen) atoms. The largest absolute Gasteiger partial charge is 0.464 e. The van der Waals surface area contributed by atoms with Crippen molar-refractivity contribution in [2.45, 2.75) is 38.1 Å². The van der Waals surface area contributed by atoms with Crippen molar-refractivity contribution in [1.29, 1.82) is 0 Å². The Kier molecular flexibility index (Phi) is 4.61. The number of nitrogens with one attached hydrogen (secondary N) is 1. The summed E-state index contributed by atoms with van der Waals surface area (Å²) in [6, 6.07) is 8.17. The van der Waals surface area contributed by atoms with Crippen LogP contribution in [0.3, 0.4) is 0 Å². The maximum atomic E-state index is 12.6. The summed E-state index contributed by atoms with van der Waals surface area (Å²) >= 11 is 0. The third kappa shape index (κ3) is 2.50. The maximum absolute atomic E-state index is 12.6. The van der Waals surface area contributed by atoms with E-state index in [1.165, 1.54) is 5.56 Å². The molecule has 1 aromatic carbocycles. The predicted molar refractivity (Wildman–Crippen MR) is 80.6 cm³/mol. The van der Waals surface area contributed by atoms with Gasteiger partial charge in [-0.05, 0) is 36.8 Å². The average molecular weight is 273 g/mol. The van der Waals surface area contributed by atoms with E-state index in [9.17, 15) is 4.79 Å². The number of benzene rings is 1. The van der Waals surface area contributed by atoms with E-state index in [-0.39, 0.29) is 5.97 Å². The van der Waals surface area contributed by atoms with Crippen LogP contribution in [0.1, 0.15) is 43.7 Å². The Bertz CT molecular complexity index is 498. The molecule has 1 aromatic rings. The highest BCUT2D eigenvalue weighted by Crippen LogP contribution is 2.41. The van der Waals surface area contributed by atoms with E-state index < -0.39 is 5.54 Å². The number of esters is 1. The summed E-state index contributed by atoms with van der Waals surface area (Å²) in [5, 5.41) is 3.35. The third-order valence-electron chi connectivity index (χ3n) is 4.08. The highest BCUT2D eigenvalue weighted by molar-refractivity contribution is 5.84. The molecule has 0 aromatic heterocycles. The second-order valence-corrected chi connectivity index (χ2v) is 5.32. The molecule has 0 aliphatic heterocycles. The zero-order valence-electron chi connectivity index (χ0n) is 12.3. The standard InChI is InChI=1S/C17H23NO2/c1-4-12-18-17(16(19)20-5-2)11-10-13(3)14-8-6-7-9-15(14)17/h4,6-9,13,18H,1,5,10-12H2,2-3H3. The average Bonchev–Trinajstić information content (AvgIpc) is 2.47. The van der Waals surface area contributed by atoms with Gasteiger partial charge in [0.15, 0.2) is 0 Å². The molecule has 1 aliphatic carbocycles. The normalized spacial score (nSPS) is 24.8. The van der Waals surface area contributed by atoms with Gasteiger partial charge in [-0.2, -0.15) is 0 Å². The minimum Gasteiger partial charge on any atom is -0.464 e. The van der Waals surface area contributed by atoms with Gasteiger partial charge in [0.05, 0.1) is 6.61 Å². The molecule has 0 fully saturated rings. The quantitative estimate of drug-likeness (QED) is 0.661. The lowest BCUT2D eigenvalue weighted by atomic mass is 9.72. The van der Waals surface area contributed by atoms with E-state index in [4.69, 9.17) is 4.74 Å². The zero-order valence-corrected chi connectivity index (χ0v) is 12.3. The van der Waals surface area contributed by atoms with Crippen molar-refractivity contribution in [1.82, 2.24) is 5.32 Å². The molecule has 0 heterocycles. The summed E-state index contributed by atoms with van der Waals surface area (Å²) < 4.78 is 5.34. The van der Waals surface area contributed by atoms with Crippen molar-refractivity contribution in [3.8, 4) is 0 Å². The lowest BCUT2D eigenvalue weighted by Crippen LogP contribution is -2.52. The first-order valence-electron chi connectivity index (χ1n) is 7.28. The molecule has 0 saturated heterocycles. The van der Waals surface area contributed by atoms with Gasteiger partial charge in [-0.25, -0.2) is 4.79 Å². The van der Waals surface area contributed by atoms with Crippen LogP contribution in [0, 0.1) is 0 Å². The van der Waals surface area contributed by atoms with Gasteiger partial charge in [-0.1, -0.05) is 37.3 Å². The Morgan fingerprint density at radius 2 is 2.30 bits per heavy atom. The fourth-order valence-electron chi connectivity index (χ4n) is 3.01. The molecule has 0 radical (unpaired) electrons. The number of fused-ring (bicyclic) bond motifs is 1. The van der Waals surface area contributed by atoms with Gasteiger partial charge < -0.3 is 4.74 Å². The molecule has 1 aliphatic rings. The third-order valence-corrected chi connectivity index (χ3v) is 4.08. The molecule has 2 atom stereocenters. The molecule has 3 nitrogen and oxygen atoms in total. The predicted octanol–water partition coefficient (Wildman–Crippen LogP) is 3.12. The second kappa shape index (κ2) is 6.23. The SMILES string of the molecule is C=CCNC1(C(=O)OCC)CCC(C)c2ccccc21. The van der Waals surface area contributed by atoms with Crippen molar-refractivity contribution < 1.29 is 9.53 Å². The number of rotatable bonds is 5. The topological polar surface area (TPSA) is 38.3 Å². The molecule has 3 heteroatoms. The highest BCUT2D eigenvalue weighted by atomic mass is 16.5. The van der Waals surface area contributed by atoms with Crippen molar-refractivity contribution in [3.05, 3.63) is 48.0 Å². The van der Waals surface area contributed by atoms with E-state index in [1.807, 2.05) is 25.1 Å². The zero-order chi connectivity index (χ0) is 14.6. The van der Waals surface area contributed by atoms with E-state index in [0.29, 0.717) is 19.1 Å². The molecular formula is C17H23NO2. The molecular weight excluding hydrogens is 250 g/mol. The number of carbonyl (C=O) groups is 1. The molecule has 1 N–H and O–H groups in total. The minimum atomic E-state index is -0.729. The number of ether oxygens (including phenoxy) is 1. The summed E-state index contributed by atoms with van der Waals surface area (Å²) in [5.41, 5.74) is 1.57. The van der Waals surface area contributed by atoms with Gasteiger partial charge in [0, 0.05) is 6.54 Å². The summed E-state index contributed by atoms with van der Waals surface area (Å²) in [4.78, 5) is 12.6. The number of hydrogen-bond acceptors (Lipinski definition) is 3. The van der Waals surface area contributed by atoms with Crippen LogP contribution in [0.25, 0.3) is 0 Å². The molecule has 0 saturated carbocycles. The van der Waals surface area contributed by atoms with Gasteiger partial charge in [0.1, 0.15) is 5.54 Å². The van der Waals surface area contributed by atoms with Gasteiger partial charge in [0.2, 0.25) is 0 Å². The van der Waals surface area contributed by atoms with Crippen molar-refractivity contribution >= 4 is 5.97 Å². The van der Waals surface area contributed by atoms with Crippen LogP contribution in [0.5, 0.6) is 0 Å². The van der Waals surface area contributed by atoms with Crippen LogP contribution in [0.4, 0.5) is 0 Å². The monoisotopic (exact) mass is 273 g/mol. The van der Waals surface area contributed by atoms with Gasteiger partial charge >= 0.3 is 5.97 Å². The van der Waals surface area contributed by atoms with Crippen molar-refractivity contribution in [2.24, 2.45) is 0 Å². The van der Waals surface area contributed by atoms with E-state index in [0.717, 1.165) is 18.4 Å². The summed E-state index contributed by atoms with van der Waals surface area (Å²) in [6.45, 7) is 8.77. The van der Waals surface area contributed by atoms with Crippen LogP contribution in [0.2, 0.25) is 0 Å². The Hall–Kier alpha value is -1.61. The van der Waals surface area contributed by atoms with Crippen LogP contribution >= 0.6 is 0 Å². The fourth-order valence-corrected chi connectivity index (χ4v) is 3.01. The van der Waals surface area contributed by atoms with Gasteiger partial charge in [-0.15, -0.1) is 6.58 Å². The van der Waals surface area contributed by atoms with Crippen LogP contribution < -0.4 is 5.32 Å². The van der Waals surface area contributed by atoms with E-state index in [1.54, 1.807) is 6.08 Å². The molecule has 2 rings (SSSR count). The molecule has 0 bridgehead atoms. The number of carbonyl (C=O) groups excluding carboxylic acids is 1. The number of hydrogen-bond donors (Lipinski definition) is 1. The molecule has 0 spiro atoms. The van der Waals surface area contributed by atoms with Crippen LogP contribution in [-0.2, 0) is 15.1 Å². The van der Waals surface area contributed by atoms with E-state index in [2.05, 4.69) is 24.9 Å². The van der Waals surface area contributed by atoms with Crippen LogP contribution in [-0.4, -0.2) is 19.1 Å². The van der Waals surface area contributed by atoms with Crippen molar-refractivity contribution in [2.75, 3.05) is 13.2 Å². The molecule has 0 amide bonds. The Morgan fingerprint density at radius 3 is 3.00 bits per heavy atom. The minimum absolute atomic E-state index is 0.179. The first-order chi connectivity index (χ1) is 9.65. The molecule has 108 valence electrons. The summed E-state index contributed by atoms with van der Waals surface area (Å²) in [5.74, 6) is 0.292. The Labute approximate surface area is 121 Å². The summed E-state index contributed by atoms with van der Waals surface area (Å²) in [6.07, 6.45) is 3.51. The Balaban J connectivity index is 2.48. The lowest BCUT2D eigenvalue weighted by Gasteiger charge is -2.39. The first kappa shape index (κ1) is 14.8. The first-order valence-corrected chi connectivity index (χ1v) is 7.28. The van der Waals surface area contributed by atoms with Crippen molar-refractivity contribution in [3.63, 3.8) is 0 Å². The smallest absolute Gasteiger partial charge is 0.331 e. The van der Waals surface area contributed by atoms with Gasteiger partial charge in [-0.3, -0.25) is 5.32 Å². The molecule has 2 unspecified atom stereocenters. The highest BCUT2D eigenvalue weighted by Gasteiger charge is 2.45. The lowest BCUT2D eigenvalue weighted by molar-refractivity contribution is -0.152. The Morgan fingerprint density at radius 1 is 1.55 bits per heavy atom. The fraction of sp³-hybridized carbons (Fsp3) is 0.471. The van der Waals surface area contributed by atoms with Gasteiger partial charge in [0.25, 0.3) is 0 Å². The van der Waals surface area contributed by atoms with E-state index >= 15 is 0 Å². The van der Waals surface area contributed by atoms with Crippen LogP contribution in [0.15, 0.2) is 36.9 Å². The second-order valence-electron chi connectivity index (χ2n) is 5.32.